The van der Waals surface area contributed by atoms with E-state index in [1.54, 1.807) is 6.20 Å². The first-order valence-electron chi connectivity index (χ1n) is 6.23. The van der Waals surface area contributed by atoms with Gasteiger partial charge in [-0.3, -0.25) is 0 Å². The van der Waals surface area contributed by atoms with Crippen LogP contribution in [0.25, 0.3) is 0 Å². The van der Waals surface area contributed by atoms with Gasteiger partial charge in [0.25, 0.3) is 0 Å². The molecule has 2 rings (SSSR count). The van der Waals surface area contributed by atoms with Gasteiger partial charge in [0, 0.05) is 30.9 Å². The number of nitrogens with zero attached hydrogens (tertiary/aromatic N) is 2. The van der Waals surface area contributed by atoms with Crippen molar-refractivity contribution in [3.63, 3.8) is 0 Å². The molecule has 19 heavy (non-hydrogen) atoms. The van der Waals surface area contributed by atoms with Gasteiger partial charge in [-0.1, -0.05) is 23.7 Å². The van der Waals surface area contributed by atoms with Crippen LogP contribution < -0.4 is 10.6 Å². The highest BCUT2D eigenvalue weighted by molar-refractivity contribution is 6.30. The van der Waals surface area contributed by atoms with E-state index in [1.165, 1.54) is 5.56 Å². The molecule has 1 atom stereocenters. The molecule has 0 spiro atoms. The molecular formula is C15H18ClN3. The summed E-state index contributed by atoms with van der Waals surface area (Å²) in [7, 11) is 2.02. The average molecular weight is 276 g/mol. The van der Waals surface area contributed by atoms with Gasteiger partial charge in [0.05, 0.1) is 0 Å². The molecule has 0 saturated heterocycles. The minimum atomic E-state index is 0.0191. The number of rotatable bonds is 4. The molecule has 0 fully saturated rings. The Labute approximate surface area is 119 Å². The largest absolute Gasteiger partial charge is 0.355 e. The van der Waals surface area contributed by atoms with Crippen molar-refractivity contribution in [1.82, 2.24) is 4.98 Å². The van der Waals surface area contributed by atoms with Gasteiger partial charge in [-0.2, -0.15) is 0 Å². The van der Waals surface area contributed by atoms with Gasteiger partial charge in [0.2, 0.25) is 0 Å². The van der Waals surface area contributed by atoms with Crippen molar-refractivity contribution in [3.8, 4) is 0 Å². The van der Waals surface area contributed by atoms with Crippen LogP contribution in [0.3, 0.4) is 0 Å². The Morgan fingerprint density at radius 3 is 2.58 bits per heavy atom. The van der Waals surface area contributed by atoms with Gasteiger partial charge in [-0.05, 0) is 42.3 Å². The monoisotopic (exact) mass is 275 g/mol. The van der Waals surface area contributed by atoms with Gasteiger partial charge < -0.3 is 10.6 Å². The van der Waals surface area contributed by atoms with Crippen LogP contribution in [-0.4, -0.2) is 12.0 Å². The number of nitrogens with two attached hydrogens (primary N) is 1. The van der Waals surface area contributed by atoms with Gasteiger partial charge in [0.1, 0.15) is 5.82 Å². The zero-order valence-corrected chi connectivity index (χ0v) is 11.9. The topological polar surface area (TPSA) is 42.1 Å². The molecule has 0 aliphatic heterocycles. The minimum Gasteiger partial charge on any atom is -0.355 e. The number of hydrogen-bond donors (Lipinski definition) is 1. The number of aromatic nitrogens is 1. The fraction of sp³-hybridized carbons (Fsp3) is 0.267. The quantitative estimate of drug-likeness (QED) is 0.930. The van der Waals surface area contributed by atoms with Gasteiger partial charge in [0.15, 0.2) is 0 Å². The Morgan fingerprint density at radius 2 is 1.95 bits per heavy atom. The summed E-state index contributed by atoms with van der Waals surface area (Å²) < 4.78 is 0. The van der Waals surface area contributed by atoms with Crippen LogP contribution in [0.1, 0.15) is 24.1 Å². The van der Waals surface area contributed by atoms with Crippen molar-refractivity contribution in [2.75, 3.05) is 11.9 Å². The Kier molecular flexibility index (Phi) is 4.40. The van der Waals surface area contributed by atoms with Crippen molar-refractivity contribution < 1.29 is 0 Å². The Morgan fingerprint density at radius 1 is 1.26 bits per heavy atom. The zero-order valence-electron chi connectivity index (χ0n) is 11.2. The summed E-state index contributed by atoms with van der Waals surface area (Å²) in [6.45, 7) is 2.75. The van der Waals surface area contributed by atoms with Gasteiger partial charge in [-0.25, -0.2) is 4.98 Å². The third-order valence-corrected chi connectivity index (χ3v) is 3.27. The Balaban J connectivity index is 2.13. The van der Waals surface area contributed by atoms with E-state index in [-0.39, 0.29) is 6.04 Å². The normalized spacial score (nSPS) is 12.2. The van der Waals surface area contributed by atoms with Crippen molar-refractivity contribution in [1.29, 1.82) is 0 Å². The zero-order chi connectivity index (χ0) is 13.8. The van der Waals surface area contributed by atoms with Crippen molar-refractivity contribution >= 4 is 17.4 Å². The number of hydrogen-bond acceptors (Lipinski definition) is 3. The van der Waals surface area contributed by atoms with E-state index >= 15 is 0 Å². The lowest BCUT2D eigenvalue weighted by atomic mass is 10.1. The second-order valence-electron chi connectivity index (χ2n) is 4.72. The molecule has 0 amide bonds. The molecule has 0 radical (unpaired) electrons. The lowest BCUT2D eigenvalue weighted by Gasteiger charge is -2.19. The van der Waals surface area contributed by atoms with Crippen LogP contribution in [-0.2, 0) is 6.54 Å². The maximum atomic E-state index is 5.89. The highest BCUT2D eigenvalue weighted by Crippen LogP contribution is 2.18. The highest BCUT2D eigenvalue weighted by Gasteiger charge is 2.06. The van der Waals surface area contributed by atoms with E-state index in [1.807, 2.05) is 50.4 Å². The Hall–Kier alpha value is -1.58. The number of benzene rings is 1. The van der Waals surface area contributed by atoms with Crippen molar-refractivity contribution in [2.24, 2.45) is 5.73 Å². The second-order valence-corrected chi connectivity index (χ2v) is 5.16. The summed E-state index contributed by atoms with van der Waals surface area (Å²) >= 11 is 5.88. The highest BCUT2D eigenvalue weighted by atomic mass is 35.5. The SMILES string of the molecule is CC(N)c1ccnc(N(C)Cc2ccc(Cl)cc2)c1. The van der Waals surface area contributed by atoms with Crippen LogP contribution in [0.4, 0.5) is 5.82 Å². The summed E-state index contributed by atoms with van der Waals surface area (Å²) in [4.78, 5) is 6.47. The lowest BCUT2D eigenvalue weighted by molar-refractivity contribution is 0.809. The van der Waals surface area contributed by atoms with Crippen molar-refractivity contribution in [2.45, 2.75) is 19.5 Å². The molecule has 1 heterocycles. The number of pyridine rings is 1. The average Bonchev–Trinajstić information content (AvgIpc) is 2.41. The molecule has 2 N–H and O–H groups in total. The summed E-state index contributed by atoms with van der Waals surface area (Å²) in [6, 6.07) is 11.8. The first-order valence-corrected chi connectivity index (χ1v) is 6.61. The summed E-state index contributed by atoms with van der Waals surface area (Å²) in [5.41, 5.74) is 8.18. The Bertz CT molecular complexity index is 537. The molecule has 1 aromatic carbocycles. The third kappa shape index (κ3) is 3.69. The molecule has 0 aliphatic rings. The second kappa shape index (κ2) is 6.04. The molecular weight excluding hydrogens is 258 g/mol. The molecule has 2 aromatic rings. The molecule has 3 nitrogen and oxygen atoms in total. The molecule has 0 saturated carbocycles. The first kappa shape index (κ1) is 13.8. The maximum Gasteiger partial charge on any atom is 0.128 e. The predicted molar refractivity (Wildman–Crippen MR) is 80.4 cm³/mol. The molecule has 0 aliphatic carbocycles. The first-order chi connectivity index (χ1) is 9.06. The summed E-state index contributed by atoms with van der Waals surface area (Å²) in [5.74, 6) is 0.921. The van der Waals surface area contributed by atoms with Gasteiger partial charge in [-0.15, -0.1) is 0 Å². The van der Waals surface area contributed by atoms with Crippen LogP contribution >= 0.6 is 11.6 Å². The fourth-order valence-electron chi connectivity index (χ4n) is 1.87. The predicted octanol–water partition coefficient (Wildman–Crippen LogP) is 3.39. The lowest BCUT2D eigenvalue weighted by Crippen LogP contribution is -2.18. The standard InChI is InChI=1S/C15H18ClN3/c1-11(17)13-7-8-18-15(9-13)19(2)10-12-3-5-14(16)6-4-12/h3-9,11H,10,17H2,1-2H3. The van der Waals surface area contributed by atoms with E-state index in [9.17, 15) is 0 Å². The van der Waals surface area contributed by atoms with Crippen LogP contribution in [0, 0.1) is 0 Å². The smallest absolute Gasteiger partial charge is 0.128 e. The molecule has 100 valence electrons. The fourth-order valence-corrected chi connectivity index (χ4v) is 2.00. The minimum absolute atomic E-state index is 0.0191. The van der Waals surface area contributed by atoms with E-state index in [2.05, 4.69) is 9.88 Å². The molecule has 0 bridgehead atoms. The van der Waals surface area contributed by atoms with E-state index in [4.69, 9.17) is 17.3 Å². The number of halogens is 1. The summed E-state index contributed by atoms with van der Waals surface area (Å²) in [6.07, 6.45) is 1.80. The van der Waals surface area contributed by atoms with Crippen LogP contribution in [0.15, 0.2) is 42.6 Å². The number of anilines is 1. The van der Waals surface area contributed by atoms with E-state index in [0.29, 0.717) is 0 Å². The van der Waals surface area contributed by atoms with Crippen LogP contribution in [0.5, 0.6) is 0 Å². The van der Waals surface area contributed by atoms with E-state index < -0.39 is 0 Å². The summed E-state index contributed by atoms with van der Waals surface area (Å²) in [5, 5.41) is 0.753. The molecule has 1 unspecified atom stereocenters. The molecule has 4 heteroatoms. The van der Waals surface area contributed by atoms with Crippen LogP contribution in [0.2, 0.25) is 5.02 Å². The van der Waals surface area contributed by atoms with Crippen molar-refractivity contribution in [3.05, 3.63) is 58.7 Å². The van der Waals surface area contributed by atoms with Gasteiger partial charge >= 0.3 is 0 Å². The molecule has 1 aromatic heterocycles. The van der Waals surface area contributed by atoms with E-state index in [0.717, 1.165) is 22.9 Å². The third-order valence-electron chi connectivity index (χ3n) is 3.02. The maximum absolute atomic E-state index is 5.89.